The van der Waals surface area contributed by atoms with Gasteiger partial charge in [-0.15, -0.1) is 0 Å². The van der Waals surface area contributed by atoms with E-state index in [1.54, 1.807) is 37.3 Å². The zero-order chi connectivity index (χ0) is 20.0. The van der Waals surface area contributed by atoms with Crippen molar-refractivity contribution in [2.45, 2.75) is 26.8 Å². The highest BCUT2D eigenvalue weighted by Crippen LogP contribution is 2.20. The predicted molar refractivity (Wildman–Crippen MR) is 108 cm³/mol. The van der Waals surface area contributed by atoms with Crippen molar-refractivity contribution in [1.29, 1.82) is 0 Å². The predicted octanol–water partition coefficient (Wildman–Crippen LogP) is 2.65. The summed E-state index contributed by atoms with van der Waals surface area (Å²) < 4.78 is 31.2. The number of sulfonamides is 1. The van der Waals surface area contributed by atoms with Crippen LogP contribution in [0.25, 0.3) is 0 Å². The number of carbonyl (C=O) groups excluding carboxylic acids is 1. The maximum absolute atomic E-state index is 12.5. The first-order valence-electron chi connectivity index (χ1n) is 8.72. The molecule has 0 spiro atoms. The van der Waals surface area contributed by atoms with Crippen LogP contribution in [-0.2, 0) is 14.8 Å². The highest BCUT2D eigenvalue weighted by Gasteiger charge is 2.28. The van der Waals surface area contributed by atoms with Gasteiger partial charge in [0.05, 0.1) is 18.5 Å². The molecule has 146 valence electrons. The van der Waals surface area contributed by atoms with Crippen molar-refractivity contribution in [2.24, 2.45) is 0 Å². The minimum atomic E-state index is -3.60. The van der Waals surface area contributed by atoms with Crippen LogP contribution in [0, 0.1) is 13.8 Å². The first-order valence-corrected chi connectivity index (χ1v) is 10.6. The molecule has 6 nitrogen and oxygen atoms in total. The lowest BCUT2D eigenvalue weighted by atomic mass is 10.1. The molecule has 0 saturated carbocycles. The van der Waals surface area contributed by atoms with E-state index in [4.69, 9.17) is 4.74 Å². The van der Waals surface area contributed by atoms with Gasteiger partial charge < -0.3 is 10.1 Å². The molecule has 0 bridgehead atoms. The lowest BCUT2D eigenvalue weighted by Gasteiger charge is -2.28. The molecule has 2 aromatic carbocycles. The van der Waals surface area contributed by atoms with Gasteiger partial charge >= 0.3 is 0 Å². The molecule has 0 radical (unpaired) electrons. The van der Waals surface area contributed by atoms with Crippen LogP contribution in [0.1, 0.15) is 18.1 Å². The van der Waals surface area contributed by atoms with Crippen molar-refractivity contribution in [3.05, 3.63) is 59.7 Å². The Hall–Kier alpha value is -2.54. The molecule has 0 heterocycles. The zero-order valence-corrected chi connectivity index (χ0v) is 16.9. The Morgan fingerprint density at radius 3 is 2.44 bits per heavy atom. The Kier molecular flexibility index (Phi) is 6.85. The molecule has 0 aromatic heterocycles. The number of hydrogen-bond donors (Lipinski definition) is 1. The van der Waals surface area contributed by atoms with E-state index < -0.39 is 16.1 Å². The topological polar surface area (TPSA) is 75.7 Å². The van der Waals surface area contributed by atoms with E-state index in [0.717, 1.165) is 27.4 Å². The summed E-state index contributed by atoms with van der Waals surface area (Å²) >= 11 is 0. The van der Waals surface area contributed by atoms with Gasteiger partial charge in [-0.1, -0.05) is 30.3 Å². The summed E-state index contributed by atoms with van der Waals surface area (Å²) in [5, 5.41) is 2.74. The number of rotatable bonds is 8. The summed E-state index contributed by atoms with van der Waals surface area (Å²) in [6, 6.07) is 13.6. The van der Waals surface area contributed by atoms with Gasteiger partial charge in [0.15, 0.2) is 0 Å². The SMILES string of the molecule is Cc1ccc(C)c(OCCNC(=O)[C@H](C)N(c2ccccc2)S(C)(=O)=O)c1. The molecule has 0 unspecified atom stereocenters. The summed E-state index contributed by atoms with van der Waals surface area (Å²) in [6.07, 6.45) is 1.09. The van der Waals surface area contributed by atoms with E-state index in [0.29, 0.717) is 12.3 Å². The van der Waals surface area contributed by atoms with E-state index in [2.05, 4.69) is 5.32 Å². The minimum absolute atomic E-state index is 0.281. The smallest absolute Gasteiger partial charge is 0.243 e. The van der Waals surface area contributed by atoms with Crippen molar-refractivity contribution in [1.82, 2.24) is 5.32 Å². The van der Waals surface area contributed by atoms with E-state index >= 15 is 0 Å². The van der Waals surface area contributed by atoms with Crippen LogP contribution < -0.4 is 14.4 Å². The third kappa shape index (κ3) is 5.72. The van der Waals surface area contributed by atoms with Crippen LogP contribution in [0.3, 0.4) is 0 Å². The van der Waals surface area contributed by atoms with Gasteiger partial charge in [-0.05, 0) is 50.1 Å². The van der Waals surface area contributed by atoms with Crippen molar-refractivity contribution in [3.8, 4) is 5.75 Å². The molecule has 0 saturated heterocycles. The lowest BCUT2D eigenvalue weighted by molar-refractivity contribution is -0.121. The van der Waals surface area contributed by atoms with Crippen LogP contribution in [0.15, 0.2) is 48.5 Å². The highest BCUT2D eigenvalue weighted by atomic mass is 32.2. The molecule has 1 atom stereocenters. The first kappa shape index (κ1) is 20.8. The molecule has 0 aliphatic carbocycles. The summed E-state index contributed by atoms with van der Waals surface area (Å²) in [5.74, 6) is 0.396. The molecule has 2 rings (SSSR count). The number of aryl methyl sites for hydroxylation is 2. The van der Waals surface area contributed by atoms with E-state index in [1.165, 1.54) is 0 Å². The van der Waals surface area contributed by atoms with Crippen LogP contribution in [0.2, 0.25) is 0 Å². The van der Waals surface area contributed by atoms with Crippen molar-refractivity contribution >= 4 is 21.6 Å². The molecule has 27 heavy (non-hydrogen) atoms. The molecular formula is C20H26N2O4S. The van der Waals surface area contributed by atoms with Gasteiger partial charge in [-0.2, -0.15) is 0 Å². The molecule has 0 aliphatic heterocycles. The molecule has 1 amide bonds. The van der Waals surface area contributed by atoms with Gasteiger partial charge in [-0.3, -0.25) is 9.10 Å². The Morgan fingerprint density at radius 1 is 1.15 bits per heavy atom. The maximum Gasteiger partial charge on any atom is 0.243 e. The Labute approximate surface area is 161 Å². The van der Waals surface area contributed by atoms with Crippen LogP contribution >= 0.6 is 0 Å². The Morgan fingerprint density at radius 2 is 1.81 bits per heavy atom. The fourth-order valence-corrected chi connectivity index (χ4v) is 3.90. The minimum Gasteiger partial charge on any atom is -0.491 e. The number of amides is 1. The monoisotopic (exact) mass is 390 g/mol. The first-order chi connectivity index (χ1) is 12.7. The zero-order valence-electron chi connectivity index (χ0n) is 16.1. The summed E-state index contributed by atoms with van der Waals surface area (Å²) in [4.78, 5) is 12.5. The number of anilines is 1. The van der Waals surface area contributed by atoms with Crippen molar-refractivity contribution < 1.29 is 17.9 Å². The second-order valence-corrected chi connectivity index (χ2v) is 8.34. The van der Waals surface area contributed by atoms with Gasteiger partial charge in [0.1, 0.15) is 18.4 Å². The van der Waals surface area contributed by atoms with Gasteiger partial charge in [-0.25, -0.2) is 8.42 Å². The van der Waals surface area contributed by atoms with E-state index in [1.807, 2.05) is 32.0 Å². The number of carbonyl (C=O) groups is 1. The Balaban J connectivity index is 1.96. The molecule has 1 N–H and O–H groups in total. The van der Waals surface area contributed by atoms with Crippen molar-refractivity contribution in [2.75, 3.05) is 23.7 Å². The molecule has 0 fully saturated rings. The number of nitrogens with one attached hydrogen (secondary N) is 1. The molecule has 7 heteroatoms. The van der Waals surface area contributed by atoms with Crippen molar-refractivity contribution in [3.63, 3.8) is 0 Å². The largest absolute Gasteiger partial charge is 0.491 e. The molecular weight excluding hydrogens is 364 g/mol. The van der Waals surface area contributed by atoms with Crippen LogP contribution in [0.4, 0.5) is 5.69 Å². The normalized spacial score (nSPS) is 12.3. The third-order valence-electron chi connectivity index (χ3n) is 4.10. The van der Waals surface area contributed by atoms with E-state index in [9.17, 15) is 13.2 Å². The van der Waals surface area contributed by atoms with Gasteiger partial charge in [0, 0.05) is 0 Å². The number of ether oxygens (including phenoxy) is 1. The lowest BCUT2D eigenvalue weighted by Crippen LogP contribution is -2.48. The number of hydrogen-bond acceptors (Lipinski definition) is 4. The number of benzene rings is 2. The quantitative estimate of drug-likeness (QED) is 0.703. The van der Waals surface area contributed by atoms with Gasteiger partial charge in [0.2, 0.25) is 15.9 Å². The second-order valence-electron chi connectivity index (χ2n) is 6.48. The molecule has 0 aliphatic rings. The second kappa shape index (κ2) is 8.90. The summed E-state index contributed by atoms with van der Waals surface area (Å²) in [5.41, 5.74) is 2.57. The van der Waals surface area contributed by atoms with E-state index in [-0.39, 0.29) is 12.5 Å². The summed E-state index contributed by atoms with van der Waals surface area (Å²) in [6.45, 7) is 6.09. The van der Waals surface area contributed by atoms with Crippen LogP contribution in [0.5, 0.6) is 5.75 Å². The summed E-state index contributed by atoms with van der Waals surface area (Å²) in [7, 11) is -3.60. The fourth-order valence-electron chi connectivity index (χ4n) is 2.73. The number of nitrogens with zero attached hydrogens (tertiary/aromatic N) is 1. The Bertz CT molecular complexity index is 882. The average molecular weight is 391 g/mol. The molecule has 2 aromatic rings. The van der Waals surface area contributed by atoms with Gasteiger partial charge in [0.25, 0.3) is 0 Å². The maximum atomic E-state index is 12.5. The van der Waals surface area contributed by atoms with Crippen LogP contribution in [-0.4, -0.2) is 39.8 Å². The third-order valence-corrected chi connectivity index (χ3v) is 5.34. The highest BCUT2D eigenvalue weighted by molar-refractivity contribution is 7.92. The number of para-hydroxylation sites is 1. The standard InChI is InChI=1S/C20H26N2O4S/c1-15-10-11-16(2)19(14-15)26-13-12-21-20(23)17(3)22(27(4,24)25)18-8-6-5-7-9-18/h5-11,14,17H,12-13H2,1-4H3,(H,21,23)/t17-/m0/s1. The average Bonchev–Trinajstić information content (AvgIpc) is 2.61. The fraction of sp³-hybridized carbons (Fsp3) is 0.350.